The predicted octanol–water partition coefficient (Wildman–Crippen LogP) is 9.10. The molecule has 1 fully saturated rings. The van der Waals surface area contributed by atoms with Crippen LogP contribution >= 0.6 is 11.6 Å². The number of carbonyl (C=O) groups excluding carboxylic acids is 2. The molecule has 2 amide bonds. The van der Waals surface area contributed by atoms with Gasteiger partial charge in [0, 0.05) is 30.6 Å². The monoisotopic (exact) mass is 600 g/mol. The number of likely N-dealkylation sites (tertiary alicyclic amines) is 1. The molecule has 1 saturated heterocycles. The molecule has 1 aliphatic heterocycles. The third kappa shape index (κ3) is 10.6. The molecule has 3 aromatic rings. The van der Waals surface area contributed by atoms with Crippen molar-refractivity contribution in [2.24, 2.45) is 5.92 Å². The average Bonchev–Trinajstić information content (AvgIpc) is 3.75. The molecule has 0 aliphatic carbocycles. The molecule has 234 valence electrons. The van der Waals surface area contributed by atoms with Crippen LogP contribution in [0.4, 0.5) is 0 Å². The highest BCUT2D eigenvalue weighted by atomic mass is 35.5. The van der Waals surface area contributed by atoms with Crippen molar-refractivity contribution in [1.82, 2.24) is 20.4 Å². The fraction of sp³-hybridized carbons (Fsp3) is 0.529. The van der Waals surface area contributed by atoms with Gasteiger partial charge in [-0.3, -0.25) is 14.6 Å². The van der Waals surface area contributed by atoms with Crippen LogP contribution in [0.1, 0.15) is 112 Å². The molecule has 4 rings (SSSR count). The van der Waals surface area contributed by atoms with Crippen LogP contribution in [0.25, 0.3) is 11.1 Å². The van der Waals surface area contributed by atoms with Crippen LogP contribution in [0, 0.1) is 5.92 Å². The van der Waals surface area contributed by atoms with E-state index in [0.29, 0.717) is 23.7 Å². The first-order valence-corrected chi connectivity index (χ1v) is 16.0. The van der Waals surface area contributed by atoms with E-state index in [0.717, 1.165) is 23.1 Å². The van der Waals surface area contributed by atoms with Crippen LogP contribution in [0.3, 0.4) is 0 Å². The van der Waals surface area contributed by atoms with Crippen LogP contribution in [0.2, 0.25) is 5.02 Å². The van der Waals surface area contributed by atoms with Gasteiger partial charge in [-0.2, -0.15) is 0 Å². The van der Waals surface area contributed by atoms with Gasteiger partial charge in [-0.15, -0.1) is 0 Å². The Morgan fingerprint density at radius 3 is 2.07 bits per heavy atom. The quantitative estimate of drug-likeness (QED) is 0.292. The molecule has 0 saturated carbocycles. The summed E-state index contributed by atoms with van der Waals surface area (Å²) in [5.41, 5.74) is 2.86. The smallest absolute Gasteiger partial charge is 0.243 e. The molecular formula is C34H53ClN4O3. The second-order valence-corrected chi connectivity index (χ2v) is 9.44. The van der Waals surface area contributed by atoms with Crippen molar-refractivity contribution in [1.29, 1.82) is 0 Å². The zero-order chi connectivity index (χ0) is 32.2. The minimum absolute atomic E-state index is 0.0242. The van der Waals surface area contributed by atoms with Crippen LogP contribution in [0.5, 0.6) is 0 Å². The third-order valence-corrected chi connectivity index (χ3v) is 6.69. The van der Waals surface area contributed by atoms with E-state index in [9.17, 15) is 9.59 Å². The zero-order valence-corrected chi connectivity index (χ0v) is 28.3. The van der Waals surface area contributed by atoms with Gasteiger partial charge < -0.3 is 14.7 Å². The highest BCUT2D eigenvalue weighted by Crippen LogP contribution is 2.31. The number of benzene rings is 1. The van der Waals surface area contributed by atoms with Crippen molar-refractivity contribution in [3.05, 3.63) is 71.3 Å². The molecule has 8 heteroatoms. The molecule has 3 heterocycles. The van der Waals surface area contributed by atoms with Crippen molar-refractivity contribution in [2.75, 3.05) is 6.54 Å². The van der Waals surface area contributed by atoms with Gasteiger partial charge in [-0.1, -0.05) is 110 Å². The number of hydrogen-bond donors (Lipinski definition) is 1. The van der Waals surface area contributed by atoms with Crippen molar-refractivity contribution >= 4 is 23.4 Å². The summed E-state index contributed by atoms with van der Waals surface area (Å²) in [6.45, 7) is 22.4. The van der Waals surface area contributed by atoms with E-state index < -0.39 is 12.0 Å². The molecule has 42 heavy (non-hydrogen) atoms. The van der Waals surface area contributed by atoms with Gasteiger partial charge in [-0.05, 0) is 42.9 Å². The highest BCUT2D eigenvalue weighted by Gasteiger charge is 2.40. The lowest BCUT2D eigenvalue weighted by Gasteiger charge is -2.29. The normalized spacial score (nSPS) is 14.8. The Kier molecular flexibility index (Phi) is 19.9. The average molecular weight is 601 g/mol. The van der Waals surface area contributed by atoms with E-state index in [1.54, 1.807) is 29.6 Å². The topological polar surface area (TPSA) is 88.3 Å². The van der Waals surface area contributed by atoms with Crippen molar-refractivity contribution in [3.8, 4) is 11.1 Å². The van der Waals surface area contributed by atoms with Gasteiger partial charge in [0.25, 0.3) is 0 Å². The van der Waals surface area contributed by atoms with Gasteiger partial charge in [0.15, 0.2) is 0 Å². The molecule has 3 atom stereocenters. The molecule has 0 bridgehead atoms. The highest BCUT2D eigenvalue weighted by molar-refractivity contribution is 6.33. The lowest BCUT2D eigenvalue weighted by atomic mass is 9.91. The van der Waals surface area contributed by atoms with E-state index in [2.05, 4.69) is 15.5 Å². The van der Waals surface area contributed by atoms with Crippen LogP contribution < -0.4 is 5.32 Å². The fourth-order valence-corrected chi connectivity index (χ4v) is 4.79. The van der Waals surface area contributed by atoms with E-state index in [1.807, 2.05) is 106 Å². The number of amides is 2. The molecular weight excluding hydrogens is 548 g/mol. The first-order valence-electron chi connectivity index (χ1n) is 15.6. The van der Waals surface area contributed by atoms with Gasteiger partial charge in [0.05, 0.1) is 17.3 Å². The fourth-order valence-electron chi connectivity index (χ4n) is 4.56. The maximum absolute atomic E-state index is 13.4. The number of rotatable bonds is 7. The largest absolute Gasteiger partial charge is 0.361 e. The number of hydrogen-bond acceptors (Lipinski definition) is 5. The summed E-state index contributed by atoms with van der Waals surface area (Å²) < 4.78 is 5.29. The predicted molar refractivity (Wildman–Crippen MR) is 175 cm³/mol. The first-order chi connectivity index (χ1) is 20.4. The molecule has 2 aromatic heterocycles. The summed E-state index contributed by atoms with van der Waals surface area (Å²) in [6, 6.07) is 10.8. The van der Waals surface area contributed by atoms with Gasteiger partial charge >= 0.3 is 0 Å². The Morgan fingerprint density at radius 1 is 0.929 bits per heavy atom. The van der Waals surface area contributed by atoms with E-state index >= 15 is 0 Å². The number of nitrogens with one attached hydrogen (secondary N) is 1. The Balaban J connectivity index is 0.00000194. The van der Waals surface area contributed by atoms with Crippen molar-refractivity contribution < 1.29 is 14.1 Å². The third-order valence-electron chi connectivity index (χ3n) is 6.39. The second kappa shape index (κ2) is 21.5. The minimum atomic E-state index is -0.492. The lowest BCUT2D eigenvalue weighted by molar-refractivity contribution is -0.141. The summed E-state index contributed by atoms with van der Waals surface area (Å²) in [5, 5.41) is 7.44. The lowest BCUT2D eigenvalue weighted by Crippen LogP contribution is -2.48. The number of pyridine rings is 1. The Labute approximate surface area is 259 Å². The van der Waals surface area contributed by atoms with Crippen LogP contribution in [-0.4, -0.2) is 39.4 Å². The van der Waals surface area contributed by atoms with Gasteiger partial charge in [0.2, 0.25) is 11.8 Å². The molecule has 7 nitrogen and oxygen atoms in total. The maximum Gasteiger partial charge on any atom is 0.243 e. The van der Waals surface area contributed by atoms with Crippen LogP contribution in [0.15, 0.2) is 59.5 Å². The molecule has 0 spiro atoms. The van der Waals surface area contributed by atoms with Gasteiger partial charge in [0.1, 0.15) is 17.7 Å². The summed E-state index contributed by atoms with van der Waals surface area (Å²) >= 11 is 6.26. The molecule has 0 radical (unpaired) electrons. The Hall–Kier alpha value is -3.19. The minimum Gasteiger partial charge on any atom is -0.361 e. The van der Waals surface area contributed by atoms with E-state index in [-0.39, 0.29) is 23.8 Å². The number of halogens is 1. The first kappa shape index (κ1) is 38.8. The number of nitrogens with zero attached hydrogens (tertiary/aromatic N) is 3. The van der Waals surface area contributed by atoms with E-state index in [4.69, 9.17) is 16.1 Å². The summed E-state index contributed by atoms with van der Waals surface area (Å²) in [6.07, 6.45) is 6.31. The molecule has 1 aliphatic rings. The summed E-state index contributed by atoms with van der Waals surface area (Å²) in [7, 11) is 0. The standard InChI is InChI=1S/C26H29ClN4O3.4C2H6/c1-16(2)24(23-11-13-29-34-23)26(33)31-14-4-5-22(31)25(32)30-17(3)18-6-8-19(9-7-18)20-10-12-28-15-21(20)27;4*1-2/h6-13,15-17,22,24H,4-5,14H2,1-3H3,(H,30,32);4*1-2H3. The Bertz CT molecular complexity index is 1130. The SMILES string of the molecule is CC.CC.CC.CC.CC(NC(=O)C1CCCN1C(=O)C(c1ccno1)C(C)C)c1ccc(-c2ccncc2Cl)cc1. The molecule has 3 unspecified atom stereocenters. The molecule has 1 aromatic carbocycles. The van der Waals surface area contributed by atoms with Crippen molar-refractivity contribution in [2.45, 2.75) is 107 Å². The zero-order valence-electron chi connectivity index (χ0n) is 27.6. The van der Waals surface area contributed by atoms with Crippen molar-refractivity contribution in [3.63, 3.8) is 0 Å². The second-order valence-electron chi connectivity index (χ2n) is 9.03. The summed E-state index contributed by atoms with van der Waals surface area (Å²) in [4.78, 5) is 32.3. The summed E-state index contributed by atoms with van der Waals surface area (Å²) in [5.74, 6) is -0.124. The number of aromatic nitrogens is 2. The maximum atomic E-state index is 13.4. The number of carbonyl (C=O) groups is 2. The van der Waals surface area contributed by atoms with Gasteiger partial charge in [-0.25, -0.2) is 0 Å². The Morgan fingerprint density at radius 2 is 1.55 bits per heavy atom. The molecule has 1 N–H and O–H groups in total. The van der Waals surface area contributed by atoms with Crippen LogP contribution in [-0.2, 0) is 9.59 Å². The van der Waals surface area contributed by atoms with E-state index in [1.165, 1.54) is 0 Å².